The number of carbonyl (C=O) groups is 1. The first-order valence-corrected chi connectivity index (χ1v) is 9.96. The molecule has 2 aromatic rings. The van der Waals surface area contributed by atoms with E-state index in [0.29, 0.717) is 11.5 Å². The molecule has 1 aliphatic rings. The first kappa shape index (κ1) is 19.4. The lowest BCUT2D eigenvalue weighted by atomic mass is 9.92. The van der Waals surface area contributed by atoms with Gasteiger partial charge in [0.1, 0.15) is 5.82 Å². The highest BCUT2D eigenvalue weighted by molar-refractivity contribution is 5.94. The molecule has 1 aromatic heterocycles. The summed E-state index contributed by atoms with van der Waals surface area (Å²) in [5.41, 5.74) is 2.07. The van der Waals surface area contributed by atoms with Gasteiger partial charge in [-0.05, 0) is 62.9 Å². The number of rotatable bonds is 7. The van der Waals surface area contributed by atoms with Gasteiger partial charge < -0.3 is 15.5 Å². The summed E-state index contributed by atoms with van der Waals surface area (Å²) in [5.74, 6) is 1.46. The monoisotopic (exact) mass is 366 g/mol. The third-order valence-electron chi connectivity index (χ3n) is 5.21. The molecule has 1 saturated heterocycles. The Morgan fingerprint density at radius 2 is 1.96 bits per heavy atom. The highest BCUT2D eigenvalue weighted by Crippen LogP contribution is 2.28. The maximum absolute atomic E-state index is 12.9. The lowest BCUT2D eigenvalue weighted by Crippen LogP contribution is -2.32. The van der Waals surface area contributed by atoms with E-state index in [1.165, 1.54) is 5.56 Å². The van der Waals surface area contributed by atoms with Crippen LogP contribution in [0.5, 0.6) is 0 Å². The van der Waals surface area contributed by atoms with E-state index < -0.39 is 0 Å². The molecule has 5 nitrogen and oxygen atoms in total. The molecule has 0 spiro atoms. The largest absolute Gasteiger partial charge is 0.370 e. The summed E-state index contributed by atoms with van der Waals surface area (Å²) in [6.07, 6.45) is 5.94. The summed E-state index contributed by atoms with van der Waals surface area (Å²) in [7, 11) is 1.95. The first-order valence-electron chi connectivity index (χ1n) is 9.96. The topological polar surface area (TPSA) is 57.3 Å². The predicted octanol–water partition coefficient (Wildman–Crippen LogP) is 3.51. The minimum atomic E-state index is 0.0953. The second-order valence-corrected chi connectivity index (χ2v) is 7.15. The molecule has 1 atom stereocenters. The van der Waals surface area contributed by atoms with Crippen molar-refractivity contribution in [3.8, 4) is 0 Å². The van der Waals surface area contributed by atoms with Crippen LogP contribution in [0.3, 0.4) is 0 Å². The first-order chi connectivity index (χ1) is 13.3. The lowest BCUT2D eigenvalue weighted by Gasteiger charge is -2.21. The number of nitrogens with one attached hydrogen (secondary N) is 2. The molecule has 2 N–H and O–H groups in total. The average Bonchev–Trinajstić information content (AvgIpc) is 2.98. The van der Waals surface area contributed by atoms with Crippen molar-refractivity contribution in [2.45, 2.75) is 31.6 Å². The van der Waals surface area contributed by atoms with E-state index in [-0.39, 0.29) is 5.91 Å². The molecule has 0 saturated carbocycles. The zero-order chi connectivity index (χ0) is 18.9. The van der Waals surface area contributed by atoms with Crippen LogP contribution in [0.4, 0.5) is 5.82 Å². The third kappa shape index (κ3) is 5.54. The van der Waals surface area contributed by atoms with Crippen molar-refractivity contribution in [2.24, 2.45) is 0 Å². The molecule has 2 heterocycles. The molecular formula is C22H30N4O. The Balaban J connectivity index is 1.54. The molecule has 1 aromatic carbocycles. The summed E-state index contributed by atoms with van der Waals surface area (Å²) in [6.45, 7) is 3.48. The van der Waals surface area contributed by atoms with E-state index in [1.807, 2.05) is 24.1 Å². The van der Waals surface area contributed by atoms with Crippen LogP contribution in [0.25, 0.3) is 0 Å². The number of likely N-dealkylation sites (tertiary alicyclic amines) is 1. The normalized spacial score (nSPS) is 17.4. The highest BCUT2D eigenvalue weighted by Gasteiger charge is 2.22. The van der Waals surface area contributed by atoms with Crippen LogP contribution in [-0.2, 0) is 0 Å². The van der Waals surface area contributed by atoms with Crippen LogP contribution in [0, 0.1) is 0 Å². The molecule has 0 bridgehead atoms. The Labute approximate surface area is 162 Å². The van der Waals surface area contributed by atoms with E-state index in [4.69, 9.17) is 0 Å². The molecule has 1 aliphatic heterocycles. The van der Waals surface area contributed by atoms with Gasteiger partial charge in [0.25, 0.3) is 5.91 Å². The fraction of sp³-hybridized carbons (Fsp3) is 0.455. The molecule has 0 radical (unpaired) electrons. The third-order valence-corrected chi connectivity index (χ3v) is 5.21. The number of aromatic nitrogens is 1. The van der Waals surface area contributed by atoms with Crippen molar-refractivity contribution in [1.29, 1.82) is 0 Å². The number of pyridine rings is 1. The van der Waals surface area contributed by atoms with E-state index >= 15 is 0 Å². The van der Waals surface area contributed by atoms with Crippen LogP contribution < -0.4 is 10.6 Å². The van der Waals surface area contributed by atoms with Gasteiger partial charge in [-0.25, -0.2) is 4.98 Å². The summed E-state index contributed by atoms with van der Waals surface area (Å²) < 4.78 is 0. The molecule has 5 heteroatoms. The minimum absolute atomic E-state index is 0.0953. The van der Waals surface area contributed by atoms with Crippen molar-refractivity contribution >= 4 is 11.7 Å². The molecule has 0 unspecified atom stereocenters. The number of hydrogen-bond acceptors (Lipinski definition) is 4. The Morgan fingerprint density at radius 1 is 1.11 bits per heavy atom. The molecule has 1 amide bonds. The Bertz CT molecular complexity index is 702. The number of carbonyl (C=O) groups excluding carboxylic acids is 1. The number of hydrogen-bond donors (Lipinski definition) is 2. The summed E-state index contributed by atoms with van der Waals surface area (Å²) in [4.78, 5) is 19.2. The number of amides is 1. The van der Waals surface area contributed by atoms with E-state index in [0.717, 1.165) is 57.7 Å². The molecule has 27 heavy (non-hydrogen) atoms. The molecule has 3 rings (SSSR count). The van der Waals surface area contributed by atoms with E-state index in [9.17, 15) is 4.79 Å². The van der Waals surface area contributed by atoms with Gasteiger partial charge >= 0.3 is 0 Å². The number of nitrogens with zero attached hydrogens (tertiary/aromatic N) is 2. The quantitative estimate of drug-likeness (QED) is 0.736. The van der Waals surface area contributed by atoms with Crippen LogP contribution in [0.15, 0.2) is 48.7 Å². The summed E-state index contributed by atoms with van der Waals surface area (Å²) >= 11 is 0. The minimum Gasteiger partial charge on any atom is -0.370 e. The van der Waals surface area contributed by atoms with Crippen LogP contribution in [0.2, 0.25) is 0 Å². The van der Waals surface area contributed by atoms with Gasteiger partial charge in [-0.3, -0.25) is 4.79 Å². The van der Waals surface area contributed by atoms with Gasteiger partial charge in [0.05, 0.1) is 5.56 Å². The lowest BCUT2D eigenvalue weighted by molar-refractivity contribution is 0.0760. The van der Waals surface area contributed by atoms with Crippen molar-refractivity contribution in [3.63, 3.8) is 0 Å². The number of anilines is 1. The van der Waals surface area contributed by atoms with E-state index in [1.54, 1.807) is 6.20 Å². The van der Waals surface area contributed by atoms with Crippen LogP contribution in [-0.4, -0.2) is 49.0 Å². The Kier molecular flexibility index (Phi) is 7.22. The van der Waals surface area contributed by atoms with E-state index in [2.05, 4.69) is 45.9 Å². The number of benzene rings is 1. The second kappa shape index (κ2) is 10.1. The van der Waals surface area contributed by atoms with Gasteiger partial charge in [-0.1, -0.05) is 30.3 Å². The Hall–Kier alpha value is -2.40. The van der Waals surface area contributed by atoms with Crippen molar-refractivity contribution in [3.05, 3.63) is 59.8 Å². The van der Waals surface area contributed by atoms with Crippen LogP contribution >= 0.6 is 0 Å². The fourth-order valence-electron chi connectivity index (χ4n) is 3.65. The Morgan fingerprint density at radius 3 is 2.70 bits per heavy atom. The van der Waals surface area contributed by atoms with Gasteiger partial charge in [-0.15, -0.1) is 0 Å². The van der Waals surface area contributed by atoms with Crippen molar-refractivity contribution in [2.75, 3.05) is 38.5 Å². The summed E-state index contributed by atoms with van der Waals surface area (Å²) in [6, 6.07) is 14.4. The van der Waals surface area contributed by atoms with Gasteiger partial charge in [0.2, 0.25) is 0 Å². The van der Waals surface area contributed by atoms with Gasteiger partial charge in [0, 0.05) is 25.8 Å². The van der Waals surface area contributed by atoms with Crippen molar-refractivity contribution < 1.29 is 4.79 Å². The van der Waals surface area contributed by atoms with Crippen LogP contribution in [0.1, 0.15) is 47.5 Å². The summed E-state index contributed by atoms with van der Waals surface area (Å²) in [5, 5.41) is 6.41. The predicted molar refractivity (Wildman–Crippen MR) is 110 cm³/mol. The smallest absolute Gasteiger partial charge is 0.255 e. The molecule has 0 aliphatic carbocycles. The van der Waals surface area contributed by atoms with Gasteiger partial charge in [0.15, 0.2) is 0 Å². The second-order valence-electron chi connectivity index (χ2n) is 7.15. The van der Waals surface area contributed by atoms with Gasteiger partial charge in [-0.2, -0.15) is 0 Å². The maximum atomic E-state index is 12.9. The zero-order valence-corrected chi connectivity index (χ0v) is 16.2. The maximum Gasteiger partial charge on any atom is 0.255 e. The fourth-order valence-corrected chi connectivity index (χ4v) is 3.65. The standard InChI is InChI=1S/C22H30N4O/c1-23-13-6-14-24-21-11-10-20(17-25-21)22(27)26-15-5-9-19(12-16-26)18-7-3-2-4-8-18/h2-4,7-8,10-11,17,19,23H,5-6,9,12-16H2,1H3,(H,24,25)/t19-/m1/s1. The average molecular weight is 367 g/mol. The molecular weight excluding hydrogens is 336 g/mol. The SMILES string of the molecule is CNCCCNc1ccc(C(=O)N2CCC[C@@H](c3ccccc3)CC2)cn1. The van der Waals surface area contributed by atoms with Crippen molar-refractivity contribution in [1.82, 2.24) is 15.2 Å². The molecule has 144 valence electrons. The highest BCUT2D eigenvalue weighted by atomic mass is 16.2. The molecule has 1 fully saturated rings. The zero-order valence-electron chi connectivity index (χ0n) is 16.2.